The zero-order chi connectivity index (χ0) is 14.8. The van der Waals surface area contributed by atoms with Crippen LogP contribution in [-0.4, -0.2) is 12.6 Å². The zero-order valence-corrected chi connectivity index (χ0v) is 14.0. The minimum absolute atomic E-state index is 0.224. The van der Waals surface area contributed by atoms with Crippen LogP contribution in [0.25, 0.3) is 0 Å². The molecule has 0 fully saturated rings. The van der Waals surface area contributed by atoms with Crippen molar-refractivity contribution in [1.82, 2.24) is 5.32 Å². The van der Waals surface area contributed by atoms with E-state index >= 15 is 0 Å². The Labute approximate surface area is 134 Å². The second kappa shape index (κ2) is 6.20. The average molecular weight is 346 g/mol. The highest BCUT2D eigenvalue weighted by atomic mass is 79.9. The van der Waals surface area contributed by atoms with Gasteiger partial charge in [0.2, 0.25) is 0 Å². The van der Waals surface area contributed by atoms with Crippen LogP contribution >= 0.6 is 15.9 Å². The van der Waals surface area contributed by atoms with Crippen LogP contribution < -0.4 is 10.1 Å². The molecule has 0 saturated carbocycles. The van der Waals surface area contributed by atoms with E-state index in [2.05, 4.69) is 65.4 Å². The van der Waals surface area contributed by atoms with Crippen molar-refractivity contribution in [3.05, 3.63) is 63.6 Å². The van der Waals surface area contributed by atoms with E-state index < -0.39 is 0 Å². The second-order valence-electron chi connectivity index (χ2n) is 5.74. The summed E-state index contributed by atoms with van der Waals surface area (Å²) in [5.74, 6) is 1.02. The summed E-state index contributed by atoms with van der Waals surface area (Å²) in [6.07, 6.45) is 1.20. The largest absolute Gasteiger partial charge is 0.488 e. The number of hydrogen-bond acceptors (Lipinski definition) is 2. The van der Waals surface area contributed by atoms with Gasteiger partial charge in [-0.2, -0.15) is 0 Å². The maximum Gasteiger partial charge on any atom is 0.123 e. The fraction of sp³-hybridized carbons (Fsp3) is 0.333. The molecule has 2 nitrogen and oxygen atoms in total. The first kappa shape index (κ1) is 14.6. The number of benzene rings is 2. The van der Waals surface area contributed by atoms with Crippen LogP contribution in [0.4, 0.5) is 0 Å². The normalized spacial score (nSPS) is 18.1. The lowest BCUT2D eigenvalue weighted by Crippen LogP contribution is -2.31. The molecule has 3 rings (SSSR count). The summed E-state index contributed by atoms with van der Waals surface area (Å²) in [7, 11) is 0. The van der Waals surface area contributed by atoms with Gasteiger partial charge in [0, 0.05) is 23.5 Å². The summed E-state index contributed by atoms with van der Waals surface area (Å²) >= 11 is 3.51. The van der Waals surface area contributed by atoms with E-state index in [4.69, 9.17) is 4.74 Å². The van der Waals surface area contributed by atoms with E-state index in [0.717, 1.165) is 23.2 Å². The summed E-state index contributed by atoms with van der Waals surface area (Å²) in [6.45, 7) is 5.17. The summed E-state index contributed by atoms with van der Waals surface area (Å²) in [4.78, 5) is 0. The molecule has 1 unspecified atom stereocenters. The molecule has 0 aromatic heterocycles. The minimum atomic E-state index is 0.224. The number of nitrogens with one attached hydrogen (secondary N) is 1. The van der Waals surface area contributed by atoms with Crippen molar-refractivity contribution in [3.8, 4) is 5.75 Å². The van der Waals surface area contributed by atoms with E-state index in [1.807, 2.05) is 12.1 Å². The number of ether oxygens (including phenoxy) is 1. The van der Waals surface area contributed by atoms with Gasteiger partial charge in [-0.05, 0) is 43.2 Å². The molecular formula is C18H20BrNO. The van der Waals surface area contributed by atoms with Crippen LogP contribution in [-0.2, 0) is 6.42 Å². The Morgan fingerprint density at radius 3 is 2.76 bits per heavy atom. The molecule has 110 valence electrons. The molecule has 0 aliphatic carbocycles. The van der Waals surface area contributed by atoms with Crippen LogP contribution in [0.5, 0.6) is 5.75 Å². The molecule has 2 aromatic carbocycles. The summed E-state index contributed by atoms with van der Waals surface area (Å²) in [6, 6.07) is 15.3. The van der Waals surface area contributed by atoms with Crippen molar-refractivity contribution < 1.29 is 4.74 Å². The van der Waals surface area contributed by atoms with Crippen molar-refractivity contribution in [2.45, 2.75) is 32.4 Å². The minimum Gasteiger partial charge on any atom is -0.488 e. The van der Waals surface area contributed by atoms with Gasteiger partial charge in [0.25, 0.3) is 0 Å². The molecule has 1 aliphatic heterocycles. The summed E-state index contributed by atoms with van der Waals surface area (Å²) in [5.41, 5.74) is 3.91. The molecule has 0 saturated heterocycles. The molecule has 1 N–H and O–H groups in total. The number of hydrogen-bond donors (Lipinski definition) is 1. The lowest BCUT2D eigenvalue weighted by molar-refractivity contribution is 0.222. The van der Waals surface area contributed by atoms with Crippen LogP contribution in [0.3, 0.4) is 0 Å². The highest BCUT2D eigenvalue weighted by molar-refractivity contribution is 9.10. The van der Waals surface area contributed by atoms with Gasteiger partial charge in [-0.15, -0.1) is 0 Å². The molecule has 1 aliphatic rings. The van der Waals surface area contributed by atoms with E-state index in [9.17, 15) is 0 Å². The third-order valence-electron chi connectivity index (χ3n) is 3.99. The lowest BCUT2D eigenvalue weighted by Gasteiger charge is -2.18. The van der Waals surface area contributed by atoms with Gasteiger partial charge in [0.1, 0.15) is 11.9 Å². The lowest BCUT2D eigenvalue weighted by atomic mass is 10.1. The Morgan fingerprint density at radius 2 is 2.00 bits per heavy atom. The van der Waals surface area contributed by atoms with Crippen molar-refractivity contribution >= 4 is 15.9 Å². The van der Waals surface area contributed by atoms with Gasteiger partial charge in [-0.25, -0.2) is 0 Å². The number of fused-ring (bicyclic) bond motifs is 1. The first-order chi connectivity index (χ1) is 10.1. The molecule has 21 heavy (non-hydrogen) atoms. The fourth-order valence-electron chi connectivity index (χ4n) is 2.68. The van der Waals surface area contributed by atoms with Crippen molar-refractivity contribution in [2.24, 2.45) is 0 Å². The first-order valence-corrected chi connectivity index (χ1v) is 8.16. The summed E-state index contributed by atoms with van der Waals surface area (Å²) in [5, 5.41) is 3.57. The molecule has 2 aromatic rings. The zero-order valence-electron chi connectivity index (χ0n) is 12.4. The Hall–Kier alpha value is -1.32. The Balaban J connectivity index is 1.56. The SMILES string of the molecule is Cc1ccc([C@@H](C)NCC2Cc3cc(Br)ccc3O2)cc1. The van der Waals surface area contributed by atoms with Gasteiger partial charge in [0.05, 0.1) is 0 Å². The van der Waals surface area contributed by atoms with Crippen LogP contribution in [0.2, 0.25) is 0 Å². The Bertz CT molecular complexity index is 624. The molecule has 0 spiro atoms. The maximum atomic E-state index is 5.98. The number of rotatable bonds is 4. The smallest absolute Gasteiger partial charge is 0.123 e. The quantitative estimate of drug-likeness (QED) is 0.885. The highest BCUT2D eigenvalue weighted by Crippen LogP contribution is 2.31. The Kier molecular flexibility index (Phi) is 4.32. The van der Waals surface area contributed by atoms with Gasteiger partial charge in [-0.3, -0.25) is 0 Å². The Morgan fingerprint density at radius 1 is 1.24 bits per heavy atom. The third kappa shape index (κ3) is 3.47. The molecule has 3 heteroatoms. The first-order valence-electron chi connectivity index (χ1n) is 7.37. The molecule has 0 bridgehead atoms. The standard InChI is InChI=1S/C18H20BrNO/c1-12-3-5-14(6-4-12)13(2)20-11-17-10-15-9-16(19)7-8-18(15)21-17/h3-9,13,17,20H,10-11H2,1-2H3/t13-,17?/m1/s1. The van der Waals surface area contributed by atoms with E-state index in [-0.39, 0.29) is 6.10 Å². The maximum absolute atomic E-state index is 5.98. The van der Waals surface area contributed by atoms with E-state index in [0.29, 0.717) is 6.04 Å². The van der Waals surface area contributed by atoms with E-state index in [1.54, 1.807) is 0 Å². The molecule has 0 radical (unpaired) electrons. The highest BCUT2D eigenvalue weighted by Gasteiger charge is 2.23. The topological polar surface area (TPSA) is 21.3 Å². The van der Waals surface area contributed by atoms with Crippen molar-refractivity contribution in [2.75, 3.05) is 6.54 Å². The van der Waals surface area contributed by atoms with Crippen LogP contribution in [0.1, 0.15) is 29.7 Å². The molecular weight excluding hydrogens is 326 g/mol. The van der Waals surface area contributed by atoms with Crippen molar-refractivity contribution in [1.29, 1.82) is 0 Å². The van der Waals surface area contributed by atoms with Gasteiger partial charge in [-0.1, -0.05) is 45.8 Å². The van der Waals surface area contributed by atoms with E-state index in [1.165, 1.54) is 16.7 Å². The summed E-state index contributed by atoms with van der Waals surface area (Å²) < 4.78 is 7.10. The monoisotopic (exact) mass is 345 g/mol. The third-order valence-corrected chi connectivity index (χ3v) is 4.49. The van der Waals surface area contributed by atoms with Gasteiger partial charge in [0.15, 0.2) is 0 Å². The number of halogens is 1. The molecule has 0 amide bonds. The molecule has 1 heterocycles. The van der Waals surface area contributed by atoms with Gasteiger partial charge < -0.3 is 10.1 Å². The predicted molar refractivity (Wildman–Crippen MR) is 89.9 cm³/mol. The number of aryl methyl sites for hydroxylation is 1. The van der Waals surface area contributed by atoms with Crippen molar-refractivity contribution in [3.63, 3.8) is 0 Å². The second-order valence-corrected chi connectivity index (χ2v) is 6.65. The average Bonchev–Trinajstić information content (AvgIpc) is 2.87. The molecule has 2 atom stereocenters. The fourth-order valence-corrected chi connectivity index (χ4v) is 3.09. The predicted octanol–water partition coefficient (Wildman–Crippen LogP) is 4.41. The van der Waals surface area contributed by atoms with Crippen LogP contribution in [0.15, 0.2) is 46.9 Å². The van der Waals surface area contributed by atoms with Gasteiger partial charge >= 0.3 is 0 Å². The van der Waals surface area contributed by atoms with Crippen LogP contribution in [0, 0.1) is 6.92 Å².